The minimum atomic E-state index is 0.0177. The second kappa shape index (κ2) is 4.45. The standard InChI is InChI=1S/C12H15N6O/c1-2-5-15-18-8-14-12(9-4-3-6-19-9)16-11(18)7-10(13)17-18/h3-4,6-8,15H,2,5H2,1H3,(H2,13,17)/q+1. The number of fused-ring (bicyclic) bond motifs is 1. The molecule has 98 valence electrons. The summed E-state index contributed by atoms with van der Waals surface area (Å²) in [5.41, 5.74) is 9.04. The lowest BCUT2D eigenvalue weighted by Gasteiger charge is -2.25. The molecule has 3 N–H and O–H groups in total. The molecule has 0 aromatic carbocycles. The molecule has 0 bridgehead atoms. The van der Waals surface area contributed by atoms with Crippen LogP contribution in [0, 0.1) is 0 Å². The van der Waals surface area contributed by atoms with Crippen LogP contribution < -0.4 is 11.2 Å². The number of hydrogen-bond donors (Lipinski definition) is 2. The molecule has 0 saturated carbocycles. The van der Waals surface area contributed by atoms with Crippen molar-refractivity contribution in [3.05, 3.63) is 36.1 Å². The van der Waals surface area contributed by atoms with Gasteiger partial charge in [-0.25, -0.2) is 0 Å². The van der Waals surface area contributed by atoms with Crippen molar-refractivity contribution in [2.75, 3.05) is 6.54 Å². The summed E-state index contributed by atoms with van der Waals surface area (Å²) in [6.45, 7) is 2.86. The molecular formula is C12H15N6O+. The number of nitrogens with one attached hydrogen (secondary N) is 1. The molecule has 2 aliphatic rings. The normalized spacial score (nSPS) is 24.8. The fourth-order valence-corrected chi connectivity index (χ4v) is 1.93. The Morgan fingerprint density at radius 1 is 1.47 bits per heavy atom. The molecule has 7 heteroatoms. The number of aliphatic imine (C=N–C) groups is 2. The summed E-state index contributed by atoms with van der Waals surface area (Å²) in [5.74, 6) is 2.26. The van der Waals surface area contributed by atoms with Gasteiger partial charge in [0, 0.05) is 6.54 Å². The van der Waals surface area contributed by atoms with Gasteiger partial charge in [-0.2, -0.15) is 9.98 Å². The maximum atomic E-state index is 5.78. The number of nitrogens with zero attached hydrogens (tertiary/aromatic N) is 4. The molecule has 0 fully saturated rings. The number of hydrogen-bond acceptors (Lipinski definition) is 6. The van der Waals surface area contributed by atoms with E-state index in [2.05, 4.69) is 27.4 Å². The van der Waals surface area contributed by atoms with Crippen LogP contribution in [0.15, 0.2) is 49.8 Å². The minimum absolute atomic E-state index is 0.0177. The highest BCUT2D eigenvalue weighted by Gasteiger charge is 2.41. The smallest absolute Gasteiger partial charge is 0.286 e. The third-order valence-electron chi connectivity index (χ3n) is 2.81. The molecule has 1 aromatic heterocycles. The Morgan fingerprint density at radius 3 is 3.11 bits per heavy atom. The third kappa shape index (κ3) is 1.98. The first kappa shape index (κ1) is 11.8. The maximum absolute atomic E-state index is 5.78. The molecule has 3 rings (SSSR count). The lowest BCUT2D eigenvalue weighted by Crippen LogP contribution is -2.52. The number of rotatable bonds is 4. The molecule has 1 aromatic rings. The number of nitrogens with two attached hydrogens (primary N) is 1. The Hall–Kier alpha value is -2.25. The molecule has 0 radical (unpaired) electrons. The number of furan rings is 1. The van der Waals surface area contributed by atoms with E-state index in [0.29, 0.717) is 23.3 Å². The molecule has 19 heavy (non-hydrogen) atoms. The van der Waals surface area contributed by atoms with Gasteiger partial charge in [-0.05, 0) is 28.4 Å². The van der Waals surface area contributed by atoms with Gasteiger partial charge in [-0.3, -0.25) is 0 Å². The largest absolute Gasteiger partial charge is 0.461 e. The van der Waals surface area contributed by atoms with Crippen LogP contribution in [0.5, 0.6) is 0 Å². The van der Waals surface area contributed by atoms with Gasteiger partial charge in [0.2, 0.25) is 12.2 Å². The second-order valence-corrected chi connectivity index (χ2v) is 4.28. The van der Waals surface area contributed by atoms with Crippen molar-refractivity contribution in [1.29, 1.82) is 0 Å². The van der Waals surface area contributed by atoms with Gasteiger partial charge in [0.05, 0.1) is 12.3 Å². The molecule has 1 atom stereocenters. The Kier molecular flexibility index (Phi) is 2.77. The van der Waals surface area contributed by atoms with Crippen LogP contribution >= 0.6 is 0 Å². The van der Waals surface area contributed by atoms with Gasteiger partial charge in [-0.15, -0.1) is 5.43 Å². The van der Waals surface area contributed by atoms with E-state index in [9.17, 15) is 0 Å². The fraction of sp³-hybridized carbons (Fsp3) is 0.250. The zero-order chi connectivity index (χ0) is 13.3. The van der Waals surface area contributed by atoms with Crippen LogP contribution in [0.4, 0.5) is 0 Å². The first-order valence-electron chi connectivity index (χ1n) is 6.13. The minimum Gasteiger partial charge on any atom is -0.461 e. The van der Waals surface area contributed by atoms with Crippen LogP contribution in [-0.4, -0.2) is 29.3 Å². The topological polar surface area (TPSA) is 88.3 Å². The molecule has 2 aliphatic heterocycles. The molecule has 7 nitrogen and oxygen atoms in total. The van der Waals surface area contributed by atoms with Crippen molar-refractivity contribution in [2.45, 2.75) is 13.3 Å². The predicted molar refractivity (Wildman–Crippen MR) is 72.0 cm³/mol. The molecule has 1 unspecified atom stereocenters. The summed E-state index contributed by atoms with van der Waals surface area (Å²) in [6, 6.07) is 3.61. The Labute approximate surface area is 110 Å². The van der Waals surface area contributed by atoms with E-state index in [1.54, 1.807) is 24.7 Å². The lowest BCUT2D eigenvalue weighted by atomic mass is 10.4. The number of amidine groups is 2. The first-order valence-corrected chi connectivity index (χ1v) is 6.13. The third-order valence-corrected chi connectivity index (χ3v) is 2.81. The van der Waals surface area contributed by atoms with Gasteiger partial charge in [0.25, 0.3) is 5.82 Å². The average Bonchev–Trinajstić information content (AvgIpc) is 3.01. The quantitative estimate of drug-likeness (QED) is 0.788. The van der Waals surface area contributed by atoms with Gasteiger partial charge < -0.3 is 10.2 Å². The Balaban J connectivity index is 1.94. The maximum Gasteiger partial charge on any atom is 0.286 e. The summed E-state index contributed by atoms with van der Waals surface area (Å²) in [6.07, 6.45) is 5.97. The first-order chi connectivity index (χ1) is 9.23. The summed E-state index contributed by atoms with van der Waals surface area (Å²) in [5, 5.41) is 4.34. The predicted octanol–water partition coefficient (Wildman–Crippen LogP) is 0.927. The van der Waals surface area contributed by atoms with E-state index in [4.69, 9.17) is 10.2 Å². The molecule has 0 amide bonds. The fourth-order valence-electron chi connectivity index (χ4n) is 1.93. The van der Waals surface area contributed by atoms with Crippen molar-refractivity contribution < 1.29 is 9.12 Å². The average molecular weight is 259 g/mol. The Morgan fingerprint density at radius 2 is 2.37 bits per heavy atom. The van der Waals surface area contributed by atoms with E-state index in [-0.39, 0.29) is 4.70 Å². The summed E-state index contributed by atoms with van der Waals surface area (Å²) >= 11 is 0. The Bertz CT molecular complexity index is 598. The number of quaternary nitrogens is 1. The van der Waals surface area contributed by atoms with Crippen LogP contribution in [0.2, 0.25) is 0 Å². The molecular weight excluding hydrogens is 244 g/mol. The zero-order valence-electron chi connectivity index (χ0n) is 10.6. The van der Waals surface area contributed by atoms with Crippen molar-refractivity contribution in [2.24, 2.45) is 20.8 Å². The monoisotopic (exact) mass is 259 g/mol. The summed E-state index contributed by atoms with van der Waals surface area (Å²) < 4.78 is 5.31. The molecule has 0 spiro atoms. The van der Waals surface area contributed by atoms with Gasteiger partial charge in [-0.1, -0.05) is 6.92 Å². The van der Waals surface area contributed by atoms with E-state index >= 15 is 0 Å². The van der Waals surface area contributed by atoms with Crippen LogP contribution in [0.1, 0.15) is 19.1 Å². The van der Waals surface area contributed by atoms with Crippen LogP contribution in [0.3, 0.4) is 0 Å². The second-order valence-electron chi connectivity index (χ2n) is 4.28. The van der Waals surface area contributed by atoms with Crippen molar-refractivity contribution in [3.8, 4) is 0 Å². The molecule has 0 aliphatic carbocycles. The van der Waals surface area contributed by atoms with Crippen molar-refractivity contribution in [3.63, 3.8) is 0 Å². The van der Waals surface area contributed by atoms with Crippen LogP contribution in [-0.2, 0) is 0 Å². The highest BCUT2D eigenvalue weighted by Crippen LogP contribution is 2.25. The van der Waals surface area contributed by atoms with Crippen LogP contribution in [0.25, 0.3) is 0 Å². The van der Waals surface area contributed by atoms with E-state index in [1.165, 1.54) is 0 Å². The lowest BCUT2D eigenvalue weighted by molar-refractivity contribution is -0.849. The summed E-state index contributed by atoms with van der Waals surface area (Å²) in [7, 11) is 0. The SMILES string of the molecule is CCCN[N+]12C=NC(c3ccco3)=NC1=CC(N)=N2. The van der Waals surface area contributed by atoms with Crippen molar-refractivity contribution in [1.82, 2.24) is 5.43 Å². The van der Waals surface area contributed by atoms with Crippen molar-refractivity contribution >= 4 is 18.0 Å². The van der Waals surface area contributed by atoms with Gasteiger partial charge in [0.1, 0.15) is 0 Å². The summed E-state index contributed by atoms with van der Waals surface area (Å²) in [4.78, 5) is 8.77. The highest BCUT2D eigenvalue weighted by atomic mass is 16.3. The molecule has 0 saturated heterocycles. The highest BCUT2D eigenvalue weighted by molar-refractivity contribution is 6.03. The van der Waals surface area contributed by atoms with E-state index in [0.717, 1.165) is 13.0 Å². The van der Waals surface area contributed by atoms with E-state index in [1.807, 2.05) is 6.07 Å². The van der Waals surface area contributed by atoms with Gasteiger partial charge in [0.15, 0.2) is 11.6 Å². The van der Waals surface area contributed by atoms with E-state index < -0.39 is 0 Å². The zero-order valence-corrected chi connectivity index (χ0v) is 10.6. The van der Waals surface area contributed by atoms with Gasteiger partial charge >= 0.3 is 0 Å². The molecule has 3 heterocycles.